The maximum atomic E-state index is 11.7. The van der Waals surface area contributed by atoms with Crippen molar-refractivity contribution in [2.45, 2.75) is 6.42 Å². The number of carbonyl (C=O) groups excluding carboxylic acids is 1. The van der Waals surface area contributed by atoms with E-state index in [4.69, 9.17) is 5.26 Å². The molecule has 0 atom stereocenters. The normalized spacial score (nSPS) is 16.1. The third-order valence-electron chi connectivity index (χ3n) is 2.27. The topological polar surface area (TPSA) is 59.4 Å². The van der Waals surface area contributed by atoms with Crippen molar-refractivity contribution >= 4 is 6.03 Å². The number of hydrogen-bond acceptors (Lipinski definition) is 3. The second-order valence-corrected chi connectivity index (χ2v) is 3.35. The summed E-state index contributed by atoms with van der Waals surface area (Å²) in [6.45, 7) is 3.75. The van der Waals surface area contributed by atoms with Gasteiger partial charge in [0.1, 0.15) is 0 Å². The SMILES string of the molecule is CN(CCC#N)C(=O)N1CCNCC1. The van der Waals surface area contributed by atoms with Crippen molar-refractivity contribution < 1.29 is 4.79 Å². The predicted molar refractivity (Wildman–Crippen MR) is 52.7 cm³/mol. The molecule has 1 rings (SSSR count). The van der Waals surface area contributed by atoms with Gasteiger partial charge in [-0.25, -0.2) is 4.79 Å². The van der Waals surface area contributed by atoms with E-state index in [1.165, 1.54) is 0 Å². The fraction of sp³-hybridized carbons (Fsp3) is 0.778. The van der Waals surface area contributed by atoms with E-state index in [0.29, 0.717) is 13.0 Å². The Kier molecular flexibility index (Phi) is 4.20. The van der Waals surface area contributed by atoms with E-state index in [9.17, 15) is 4.79 Å². The summed E-state index contributed by atoms with van der Waals surface area (Å²) in [7, 11) is 1.74. The first kappa shape index (κ1) is 10.8. The lowest BCUT2D eigenvalue weighted by Gasteiger charge is -2.31. The minimum Gasteiger partial charge on any atom is -0.327 e. The van der Waals surface area contributed by atoms with Gasteiger partial charge in [0, 0.05) is 39.8 Å². The highest BCUT2D eigenvalue weighted by Crippen LogP contribution is 1.99. The molecule has 78 valence electrons. The molecule has 0 aromatic rings. The molecule has 0 bridgehead atoms. The minimum atomic E-state index is 0.0294. The molecule has 0 aliphatic carbocycles. The zero-order chi connectivity index (χ0) is 10.4. The minimum absolute atomic E-state index is 0.0294. The van der Waals surface area contributed by atoms with Gasteiger partial charge in [0.2, 0.25) is 0 Å². The monoisotopic (exact) mass is 196 g/mol. The smallest absolute Gasteiger partial charge is 0.319 e. The Hall–Kier alpha value is -1.28. The van der Waals surface area contributed by atoms with Crippen LogP contribution in [0.15, 0.2) is 0 Å². The molecule has 1 aliphatic rings. The van der Waals surface area contributed by atoms with E-state index >= 15 is 0 Å². The van der Waals surface area contributed by atoms with Crippen LogP contribution in [0, 0.1) is 11.3 Å². The van der Waals surface area contributed by atoms with Gasteiger partial charge in [-0.15, -0.1) is 0 Å². The van der Waals surface area contributed by atoms with Gasteiger partial charge in [-0.3, -0.25) is 0 Å². The standard InChI is InChI=1S/C9H16N4O/c1-12(6-2-3-10)9(14)13-7-4-11-5-8-13/h11H,2,4-8H2,1H3. The Bertz CT molecular complexity index is 229. The van der Waals surface area contributed by atoms with Crippen molar-refractivity contribution in [3.05, 3.63) is 0 Å². The van der Waals surface area contributed by atoms with Crippen LogP contribution in [0.3, 0.4) is 0 Å². The molecular weight excluding hydrogens is 180 g/mol. The van der Waals surface area contributed by atoms with Gasteiger partial charge in [0.05, 0.1) is 12.5 Å². The Morgan fingerprint density at radius 3 is 2.79 bits per heavy atom. The van der Waals surface area contributed by atoms with Gasteiger partial charge < -0.3 is 15.1 Å². The molecule has 5 heteroatoms. The summed E-state index contributed by atoms with van der Waals surface area (Å²) >= 11 is 0. The Morgan fingerprint density at radius 2 is 2.21 bits per heavy atom. The summed E-state index contributed by atoms with van der Waals surface area (Å²) in [5, 5.41) is 11.6. The summed E-state index contributed by atoms with van der Waals surface area (Å²) in [6, 6.07) is 2.06. The van der Waals surface area contributed by atoms with Crippen LogP contribution in [-0.4, -0.2) is 55.6 Å². The zero-order valence-corrected chi connectivity index (χ0v) is 8.49. The Labute approximate surface area is 84.3 Å². The fourth-order valence-corrected chi connectivity index (χ4v) is 1.41. The highest BCUT2D eigenvalue weighted by atomic mass is 16.2. The van der Waals surface area contributed by atoms with Gasteiger partial charge in [0.25, 0.3) is 0 Å². The molecule has 1 fully saturated rings. The van der Waals surface area contributed by atoms with Crippen LogP contribution in [0.4, 0.5) is 4.79 Å². The summed E-state index contributed by atoms with van der Waals surface area (Å²) in [5.41, 5.74) is 0. The highest BCUT2D eigenvalue weighted by Gasteiger charge is 2.18. The van der Waals surface area contributed by atoms with Gasteiger partial charge >= 0.3 is 6.03 Å². The summed E-state index contributed by atoms with van der Waals surface area (Å²) in [6.07, 6.45) is 0.397. The molecule has 0 aromatic carbocycles. The molecule has 14 heavy (non-hydrogen) atoms. The second kappa shape index (κ2) is 5.45. The highest BCUT2D eigenvalue weighted by molar-refractivity contribution is 5.74. The number of piperazine rings is 1. The number of nitrogens with zero attached hydrogens (tertiary/aromatic N) is 3. The quantitative estimate of drug-likeness (QED) is 0.668. The van der Waals surface area contributed by atoms with Crippen molar-refractivity contribution in [3.8, 4) is 6.07 Å². The molecule has 1 N–H and O–H groups in total. The fourth-order valence-electron chi connectivity index (χ4n) is 1.41. The number of hydrogen-bond donors (Lipinski definition) is 1. The molecule has 5 nitrogen and oxygen atoms in total. The molecule has 0 spiro atoms. The average molecular weight is 196 g/mol. The third kappa shape index (κ3) is 2.89. The van der Waals surface area contributed by atoms with Gasteiger partial charge in [0.15, 0.2) is 0 Å². The van der Waals surface area contributed by atoms with Crippen molar-refractivity contribution in [3.63, 3.8) is 0 Å². The van der Waals surface area contributed by atoms with E-state index in [0.717, 1.165) is 26.2 Å². The largest absolute Gasteiger partial charge is 0.327 e. The number of amides is 2. The molecule has 0 saturated carbocycles. The van der Waals surface area contributed by atoms with Crippen LogP contribution in [0.2, 0.25) is 0 Å². The van der Waals surface area contributed by atoms with E-state index in [1.54, 1.807) is 11.9 Å². The zero-order valence-electron chi connectivity index (χ0n) is 8.49. The summed E-state index contributed by atoms with van der Waals surface area (Å²) in [4.78, 5) is 15.1. The summed E-state index contributed by atoms with van der Waals surface area (Å²) in [5.74, 6) is 0. The van der Waals surface area contributed by atoms with E-state index < -0.39 is 0 Å². The van der Waals surface area contributed by atoms with Crippen molar-refractivity contribution in [2.75, 3.05) is 39.8 Å². The van der Waals surface area contributed by atoms with E-state index in [2.05, 4.69) is 5.32 Å². The lowest BCUT2D eigenvalue weighted by molar-refractivity contribution is 0.157. The Morgan fingerprint density at radius 1 is 1.57 bits per heavy atom. The van der Waals surface area contributed by atoms with Crippen LogP contribution in [0.25, 0.3) is 0 Å². The average Bonchev–Trinajstić information content (AvgIpc) is 2.26. The Balaban J connectivity index is 2.35. The molecule has 1 aliphatic heterocycles. The molecule has 0 aromatic heterocycles. The molecule has 1 heterocycles. The van der Waals surface area contributed by atoms with Crippen LogP contribution < -0.4 is 5.32 Å². The third-order valence-corrected chi connectivity index (χ3v) is 2.27. The van der Waals surface area contributed by atoms with Crippen molar-refractivity contribution in [1.29, 1.82) is 5.26 Å². The molecule has 0 unspecified atom stereocenters. The van der Waals surface area contributed by atoms with Crippen LogP contribution in [0.1, 0.15) is 6.42 Å². The maximum Gasteiger partial charge on any atom is 0.319 e. The lowest BCUT2D eigenvalue weighted by Crippen LogP contribution is -2.50. The number of urea groups is 1. The van der Waals surface area contributed by atoms with Gasteiger partial charge in [-0.1, -0.05) is 0 Å². The predicted octanol–water partition coefficient (Wildman–Crippen LogP) is -0.143. The van der Waals surface area contributed by atoms with E-state index in [1.807, 2.05) is 11.0 Å². The number of carbonyl (C=O) groups is 1. The number of nitrogens with one attached hydrogen (secondary N) is 1. The van der Waals surface area contributed by atoms with Crippen molar-refractivity contribution in [1.82, 2.24) is 15.1 Å². The first-order chi connectivity index (χ1) is 6.75. The summed E-state index contributed by atoms with van der Waals surface area (Å²) < 4.78 is 0. The first-order valence-corrected chi connectivity index (χ1v) is 4.83. The van der Waals surface area contributed by atoms with E-state index in [-0.39, 0.29) is 6.03 Å². The van der Waals surface area contributed by atoms with Crippen molar-refractivity contribution in [2.24, 2.45) is 0 Å². The van der Waals surface area contributed by atoms with Gasteiger partial charge in [-0.2, -0.15) is 5.26 Å². The molecule has 0 radical (unpaired) electrons. The molecular formula is C9H16N4O. The number of nitriles is 1. The first-order valence-electron chi connectivity index (χ1n) is 4.83. The number of rotatable bonds is 2. The van der Waals surface area contributed by atoms with Crippen LogP contribution >= 0.6 is 0 Å². The van der Waals surface area contributed by atoms with Gasteiger partial charge in [-0.05, 0) is 0 Å². The van der Waals surface area contributed by atoms with Crippen LogP contribution in [0.5, 0.6) is 0 Å². The second-order valence-electron chi connectivity index (χ2n) is 3.35. The van der Waals surface area contributed by atoms with Crippen LogP contribution in [-0.2, 0) is 0 Å². The molecule has 1 saturated heterocycles. The lowest BCUT2D eigenvalue weighted by atomic mass is 10.3. The maximum absolute atomic E-state index is 11.7. The molecule has 2 amide bonds.